The normalized spacial score (nSPS) is 15.9. The number of carbonyl (C=O) groups is 2. The summed E-state index contributed by atoms with van der Waals surface area (Å²) in [7, 11) is 0. The molecule has 1 atom stereocenters. The first-order valence-electron chi connectivity index (χ1n) is 6.65. The lowest BCUT2D eigenvalue weighted by molar-refractivity contribution is -0.132. The fourth-order valence-electron chi connectivity index (χ4n) is 2.24. The molecule has 3 N–H and O–H groups in total. The van der Waals surface area contributed by atoms with Crippen molar-refractivity contribution in [2.75, 3.05) is 18.4 Å². The van der Waals surface area contributed by atoms with E-state index in [0.717, 1.165) is 36.1 Å². The van der Waals surface area contributed by atoms with Gasteiger partial charge in [-0.2, -0.15) is 0 Å². The van der Waals surface area contributed by atoms with Gasteiger partial charge in [0.15, 0.2) is 0 Å². The van der Waals surface area contributed by atoms with Gasteiger partial charge < -0.3 is 16.0 Å². The summed E-state index contributed by atoms with van der Waals surface area (Å²) in [6.07, 6.45) is 2.17. The molecule has 1 fully saturated rings. The van der Waals surface area contributed by atoms with Gasteiger partial charge >= 0.3 is 0 Å². The first-order valence-corrected chi connectivity index (χ1v) is 7.45. The maximum atomic E-state index is 12.1. The van der Waals surface area contributed by atoms with E-state index in [1.54, 1.807) is 4.90 Å². The second-order valence-corrected chi connectivity index (χ2v) is 5.81. The van der Waals surface area contributed by atoms with Crippen LogP contribution in [0.1, 0.15) is 19.3 Å². The van der Waals surface area contributed by atoms with Crippen molar-refractivity contribution in [2.24, 2.45) is 5.73 Å². The minimum atomic E-state index is -0.677. The molecule has 1 aliphatic rings. The molecule has 0 bridgehead atoms. The van der Waals surface area contributed by atoms with Crippen LogP contribution in [0.5, 0.6) is 0 Å². The molecule has 0 aromatic heterocycles. The van der Waals surface area contributed by atoms with Crippen LogP contribution in [0, 0.1) is 0 Å². The van der Waals surface area contributed by atoms with E-state index in [1.165, 1.54) is 0 Å². The second kappa shape index (κ2) is 6.74. The van der Waals surface area contributed by atoms with Crippen LogP contribution in [-0.4, -0.2) is 35.8 Å². The highest BCUT2D eigenvalue weighted by Crippen LogP contribution is 2.16. The van der Waals surface area contributed by atoms with Gasteiger partial charge in [0.25, 0.3) is 0 Å². The molecule has 2 rings (SSSR count). The lowest BCUT2D eigenvalue weighted by Gasteiger charge is -2.20. The molecule has 1 saturated heterocycles. The number of anilines is 1. The lowest BCUT2D eigenvalue weighted by atomic mass is 10.1. The second-order valence-electron chi connectivity index (χ2n) is 4.90. The number of hydrogen-bond donors (Lipinski definition) is 2. The molecule has 20 heavy (non-hydrogen) atoms. The summed E-state index contributed by atoms with van der Waals surface area (Å²) in [6.45, 7) is 1.56. The van der Waals surface area contributed by atoms with E-state index >= 15 is 0 Å². The van der Waals surface area contributed by atoms with Crippen molar-refractivity contribution < 1.29 is 9.59 Å². The van der Waals surface area contributed by atoms with Gasteiger partial charge in [0, 0.05) is 23.2 Å². The van der Waals surface area contributed by atoms with Crippen molar-refractivity contribution in [1.29, 1.82) is 0 Å². The van der Waals surface area contributed by atoms with Crippen molar-refractivity contribution in [3.8, 4) is 0 Å². The number of nitrogens with one attached hydrogen (secondary N) is 1. The highest BCUT2D eigenvalue weighted by atomic mass is 79.9. The minimum Gasteiger partial charge on any atom is -0.373 e. The van der Waals surface area contributed by atoms with E-state index in [4.69, 9.17) is 5.73 Å². The minimum absolute atomic E-state index is 0.0177. The fourth-order valence-corrected chi connectivity index (χ4v) is 2.50. The Bertz CT molecular complexity index is 484. The van der Waals surface area contributed by atoms with Gasteiger partial charge in [-0.15, -0.1) is 0 Å². The van der Waals surface area contributed by atoms with Gasteiger partial charge in [-0.3, -0.25) is 9.59 Å². The lowest BCUT2D eigenvalue weighted by Crippen LogP contribution is -2.41. The van der Waals surface area contributed by atoms with E-state index in [-0.39, 0.29) is 12.3 Å². The molecule has 0 aliphatic carbocycles. The van der Waals surface area contributed by atoms with Gasteiger partial charge in [-0.05, 0) is 37.1 Å². The largest absolute Gasteiger partial charge is 0.373 e. The third kappa shape index (κ3) is 3.96. The van der Waals surface area contributed by atoms with Gasteiger partial charge in [-0.1, -0.05) is 15.9 Å². The maximum absolute atomic E-state index is 12.1. The zero-order valence-electron chi connectivity index (χ0n) is 11.1. The van der Waals surface area contributed by atoms with E-state index in [1.807, 2.05) is 24.3 Å². The highest BCUT2D eigenvalue weighted by molar-refractivity contribution is 9.10. The Kier molecular flexibility index (Phi) is 5.00. The molecular weight excluding hydrogens is 322 g/mol. The van der Waals surface area contributed by atoms with Crippen molar-refractivity contribution >= 4 is 33.4 Å². The Morgan fingerprint density at radius 2 is 1.85 bits per heavy atom. The summed E-state index contributed by atoms with van der Waals surface area (Å²) in [4.78, 5) is 25.4. The monoisotopic (exact) mass is 339 g/mol. The van der Waals surface area contributed by atoms with Crippen LogP contribution in [0.4, 0.5) is 5.69 Å². The molecule has 1 heterocycles. The van der Waals surface area contributed by atoms with Gasteiger partial charge in [0.2, 0.25) is 11.8 Å². The number of nitrogens with two attached hydrogens (primary N) is 1. The number of amides is 2. The molecule has 5 nitrogen and oxygen atoms in total. The van der Waals surface area contributed by atoms with E-state index < -0.39 is 11.9 Å². The molecule has 1 aromatic carbocycles. The average molecular weight is 340 g/mol. The Balaban J connectivity index is 1.98. The molecule has 1 aromatic rings. The Labute approximate surface area is 126 Å². The summed E-state index contributed by atoms with van der Waals surface area (Å²) in [6, 6.07) is 6.72. The van der Waals surface area contributed by atoms with Crippen molar-refractivity contribution in [3.63, 3.8) is 0 Å². The number of rotatable bonds is 5. The number of nitrogens with zero attached hydrogens (tertiary/aromatic N) is 1. The third-order valence-electron chi connectivity index (χ3n) is 3.37. The van der Waals surface area contributed by atoms with Crippen molar-refractivity contribution in [2.45, 2.75) is 25.3 Å². The van der Waals surface area contributed by atoms with E-state index in [2.05, 4.69) is 21.2 Å². The zero-order chi connectivity index (χ0) is 14.5. The first kappa shape index (κ1) is 14.8. The number of primary amides is 1. The average Bonchev–Trinajstić information content (AvgIpc) is 2.94. The number of benzene rings is 1. The standard InChI is InChI=1S/C14H18BrN3O2/c15-10-3-5-11(6-4-10)17-12(14(16)20)9-13(19)18-7-1-2-8-18/h3-6,12,17H,1-2,7-9H2,(H2,16,20). The predicted molar refractivity (Wildman–Crippen MR) is 81.2 cm³/mol. The summed E-state index contributed by atoms with van der Waals surface area (Å²) in [5, 5.41) is 3.02. The van der Waals surface area contributed by atoms with Crippen LogP contribution >= 0.6 is 15.9 Å². The van der Waals surface area contributed by atoms with Gasteiger partial charge in [-0.25, -0.2) is 0 Å². The first-order chi connectivity index (χ1) is 9.56. The van der Waals surface area contributed by atoms with Crippen LogP contribution in [-0.2, 0) is 9.59 Å². The van der Waals surface area contributed by atoms with Gasteiger partial charge in [0.05, 0.1) is 6.42 Å². The molecule has 6 heteroatoms. The Morgan fingerprint density at radius 1 is 1.25 bits per heavy atom. The summed E-state index contributed by atoms with van der Waals surface area (Å²) < 4.78 is 0.951. The van der Waals surface area contributed by atoms with E-state index in [0.29, 0.717) is 0 Å². The molecule has 108 valence electrons. The number of hydrogen-bond acceptors (Lipinski definition) is 3. The SMILES string of the molecule is NC(=O)C(CC(=O)N1CCCC1)Nc1ccc(Br)cc1. The number of likely N-dealkylation sites (tertiary alicyclic amines) is 1. The van der Waals surface area contributed by atoms with Crippen LogP contribution in [0.2, 0.25) is 0 Å². The van der Waals surface area contributed by atoms with Crippen LogP contribution in [0.3, 0.4) is 0 Å². The van der Waals surface area contributed by atoms with Gasteiger partial charge in [0.1, 0.15) is 6.04 Å². The Morgan fingerprint density at radius 3 is 2.40 bits per heavy atom. The molecular formula is C14H18BrN3O2. The Hall–Kier alpha value is -1.56. The van der Waals surface area contributed by atoms with Crippen LogP contribution in [0.15, 0.2) is 28.7 Å². The molecule has 0 radical (unpaired) electrons. The van der Waals surface area contributed by atoms with Crippen molar-refractivity contribution in [1.82, 2.24) is 4.90 Å². The predicted octanol–water partition coefficient (Wildman–Crippen LogP) is 1.73. The topological polar surface area (TPSA) is 75.4 Å². The van der Waals surface area contributed by atoms with Crippen LogP contribution < -0.4 is 11.1 Å². The zero-order valence-corrected chi connectivity index (χ0v) is 12.7. The highest BCUT2D eigenvalue weighted by Gasteiger charge is 2.24. The molecule has 2 amide bonds. The quantitative estimate of drug-likeness (QED) is 0.857. The van der Waals surface area contributed by atoms with Crippen LogP contribution in [0.25, 0.3) is 0 Å². The summed E-state index contributed by atoms with van der Waals surface area (Å²) in [5.74, 6) is -0.531. The third-order valence-corrected chi connectivity index (χ3v) is 3.89. The number of carbonyl (C=O) groups excluding carboxylic acids is 2. The van der Waals surface area contributed by atoms with Crippen molar-refractivity contribution in [3.05, 3.63) is 28.7 Å². The maximum Gasteiger partial charge on any atom is 0.240 e. The number of halogens is 1. The molecule has 1 aliphatic heterocycles. The molecule has 1 unspecified atom stereocenters. The summed E-state index contributed by atoms with van der Waals surface area (Å²) in [5.41, 5.74) is 6.15. The molecule has 0 spiro atoms. The molecule has 0 saturated carbocycles. The van der Waals surface area contributed by atoms with E-state index in [9.17, 15) is 9.59 Å². The summed E-state index contributed by atoms with van der Waals surface area (Å²) >= 11 is 3.35. The smallest absolute Gasteiger partial charge is 0.240 e. The fraction of sp³-hybridized carbons (Fsp3) is 0.429.